The van der Waals surface area contributed by atoms with E-state index in [-0.39, 0.29) is 0 Å². The quantitative estimate of drug-likeness (QED) is 0.858. The van der Waals surface area contributed by atoms with E-state index in [0.717, 1.165) is 19.5 Å². The summed E-state index contributed by atoms with van der Waals surface area (Å²) in [5, 5.41) is 5.37. The Morgan fingerprint density at radius 1 is 1.17 bits per heavy atom. The molecule has 3 heteroatoms. The Morgan fingerprint density at radius 3 is 2.72 bits per heavy atom. The van der Waals surface area contributed by atoms with E-state index in [4.69, 9.17) is 0 Å². The lowest BCUT2D eigenvalue weighted by Gasteiger charge is -2.22. The van der Waals surface area contributed by atoms with Crippen molar-refractivity contribution in [3.8, 4) is 0 Å². The SMILES string of the molecule is CNCc1ccccc1N(C)CCc1cccs1. The maximum absolute atomic E-state index is 3.22. The molecule has 0 fully saturated rings. The van der Waals surface area contributed by atoms with E-state index >= 15 is 0 Å². The van der Waals surface area contributed by atoms with Crippen LogP contribution in [0.25, 0.3) is 0 Å². The fraction of sp³-hybridized carbons (Fsp3) is 0.333. The lowest BCUT2D eigenvalue weighted by molar-refractivity contribution is 0.803. The molecule has 0 aliphatic carbocycles. The largest absolute Gasteiger partial charge is 0.374 e. The zero-order valence-corrected chi connectivity index (χ0v) is 11.8. The Hall–Kier alpha value is -1.32. The molecular formula is C15H20N2S. The Morgan fingerprint density at radius 2 is 2.00 bits per heavy atom. The molecular weight excluding hydrogens is 240 g/mol. The average Bonchev–Trinajstić information content (AvgIpc) is 2.90. The topological polar surface area (TPSA) is 15.3 Å². The molecule has 1 aromatic carbocycles. The van der Waals surface area contributed by atoms with Gasteiger partial charge in [-0.1, -0.05) is 24.3 Å². The molecule has 96 valence electrons. The van der Waals surface area contributed by atoms with Crippen LogP contribution in [0, 0.1) is 0 Å². The van der Waals surface area contributed by atoms with Crippen LogP contribution in [0.2, 0.25) is 0 Å². The molecule has 0 amide bonds. The number of rotatable bonds is 6. The molecule has 0 unspecified atom stereocenters. The van der Waals surface area contributed by atoms with Crippen molar-refractivity contribution in [3.05, 3.63) is 52.2 Å². The molecule has 0 aliphatic heterocycles. The second kappa shape index (κ2) is 6.57. The van der Waals surface area contributed by atoms with Crippen molar-refractivity contribution in [2.24, 2.45) is 0 Å². The first-order chi connectivity index (χ1) is 8.81. The molecule has 0 aliphatic rings. The Balaban J connectivity index is 2.01. The van der Waals surface area contributed by atoms with Crippen molar-refractivity contribution in [1.29, 1.82) is 0 Å². The van der Waals surface area contributed by atoms with Gasteiger partial charge in [-0.2, -0.15) is 0 Å². The second-order valence-corrected chi connectivity index (χ2v) is 5.44. The van der Waals surface area contributed by atoms with Crippen LogP contribution < -0.4 is 10.2 Å². The van der Waals surface area contributed by atoms with Crippen molar-refractivity contribution >= 4 is 17.0 Å². The number of nitrogens with zero attached hydrogens (tertiary/aromatic N) is 1. The summed E-state index contributed by atoms with van der Waals surface area (Å²) in [6.07, 6.45) is 1.11. The minimum absolute atomic E-state index is 0.916. The smallest absolute Gasteiger partial charge is 0.0409 e. The first-order valence-corrected chi connectivity index (χ1v) is 7.15. The van der Waals surface area contributed by atoms with Gasteiger partial charge in [-0.25, -0.2) is 0 Å². The Labute approximate surface area is 113 Å². The monoisotopic (exact) mass is 260 g/mol. The van der Waals surface area contributed by atoms with Gasteiger partial charge in [-0.05, 0) is 36.5 Å². The average molecular weight is 260 g/mol. The number of nitrogens with one attached hydrogen (secondary N) is 1. The molecule has 1 heterocycles. The van der Waals surface area contributed by atoms with Crippen LogP contribution in [0.1, 0.15) is 10.4 Å². The number of thiophene rings is 1. The highest BCUT2D eigenvalue weighted by atomic mass is 32.1. The predicted octanol–water partition coefficient (Wildman–Crippen LogP) is 3.15. The van der Waals surface area contributed by atoms with Gasteiger partial charge < -0.3 is 10.2 Å². The molecule has 1 aromatic heterocycles. The fourth-order valence-corrected chi connectivity index (χ4v) is 2.77. The van der Waals surface area contributed by atoms with Gasteiger partial charge in [-0.15, -0.1) is 11.3 Å². The van der Waals surface area contributed by atoms with E-state index in [1.807, 2.05) is 18.4 Å². The highest BCUT2D eigenvalue weighted by Gasteiger charge is 2.06. The summed E-state index contributed by atoms with van der Waals surface area (Å²) < 4.78 is 0. The van der Waals surface area contributed by atoms with Gasteiger partial charge in [0.15, 0.2) is 0 Å². The third kappa shape index (κ3) is 3.34. The number of benzene rings is 1. The first kappa shape index (κ1) is 13.1. The van der Waals surface area contributed by atoms with E-state index in [0.29, 0.717) is 0 Å². The third-order valence-electron chi connectivity index (χ3n) is 3.04. The molecule has 0 spiro atoms. The number of hydrogen-bond acceptors (Lipinski definition) is 3. The summed E-state index contributed by atoms with van der Waals surface area (Å²) in [6, 6.07) is 12.9. The third-order valence-corrected chi connectivity index (χ3v) is 3.98. The molecule has 0 atom stereocenters. The standard InChI is InChI=1S/C15H20N2S/c1-16-12-13-6-3-4-8-15(13)17(2)10-9-14-7-5-11-18-14/h3-8,11,16H,9-10,12H2,1-2H3. The number of anilines is 1. The molecule has 0 bridgehead atoms. The van der Waals surface area contributed by atoms with Crippen molar-refractivity contribution in [1.82, 2.24) is 5.32 Å². The van der Waals surface area contributed by atoms with E-state index < -0.39 is 0 Å². The molecule has 0 saturated carbocycles. The van der Waals surface area contributed by atoms with Gasteiger partial charge in [0.05, 0.1) is 0 Å². The van der Waals surface area contributed by atoms with Crippen molar-refractivity contribution in [2.75, 3.05) is 25.5 Å². The summed E-state index contributed by atoms with van der Waals surface area (Å²) in [4.78, 5) is 3.79. The predicted molar refractivity (Wildman–Crippen MR) is 80.5 cm³/mol. The van der Waals surface area contributed by atoms with Crippen LogP contribution in [0.4, 0.5) is 5.69 Å². The van der Waals surface area contributed by atoms with Crippen LogP contribution in [0.3, 0.4) is 0 Å². The summed E-state index contributed by atoms with van der Waals surface area (Å²) in [6.45, 7) is 1.97. The molecule has 2 nitrogen and oxygen atoms in total. The van der Waals surface area contributed by atoms with E-state index in [9.17, 15) is 0 Å². The summed E-state index contributed by atoms with van der Waals surface area (Å²) in [5.74, 6) is 0. The van der Waals surface area contributed by atoms with Gasteiger partial charge in [-0.3, -0.25) is 0 Å². The number of para-hydroxylation sites is 1. The Kier molecular flexibility index (Phi) is 4.79. The van der Waals surface area contributed by atoms with E-state index in [1.54, 1.807) is 0 Å². The van der Waals surface area contributed by atoms with Crippen molar-refractivity contribution in [3.63, 3.8) is 0 Å². The highest BCUT2D eigenvalue weighted by molar-refractivity contribution is 7.09. The summed E-state index contributed by atoms with van der Waals surface area (Å²) in [5.41, 5.74) is 2.68. The summed E-state index contributed by atoms with van der Waals surface area (Å²) in [7, 11) is 4.16. The van der Waals surface area contributed by atoms with Gasteiger partial charge in [0.25, 0.3) is 0 Å². The van der Waals surface area contributed by atoms with E-state index in [2.05, 4.69) is 59.0 Å². The molecule has 18 heavy (non-hydrogen) atoms. The maximum atomic E-state index is 3.22. The van der Waals surface area contributed by atoms with Gasteiger partial charge >= 0.3 is 0 Å². The number of hydrogen-bond donors (Lipinski definition) is 1. The highest BCUT2D eigenvalue weighted by Crippen LogP contribution is 2.20. The molecule has 2 aromatic rings. The van der Waals surface area contributed by atoms with Crippen molar-refractivity contribution in [2.45, 2.75) is 13.0 Å². The lowest BCUT2D eigenvalue weighted by atomic mass is 10.1. The zero-order valence-electron chi connectivity index (χ0n) is 11.0. The van der Waals surface area contributed by atoms with Gasteiger partial charge in [0, 0.05) is 30.7 Å². The van der Waals surface area contributed by atoms with Crippen LogP contribution >= 0.6 is 11.3 Å². The van der Waals surface area contributed by atoms with Gasteiger partial charge in [0.2, 0.25) is 0 Å². The van der Waals surface area contributed by atoms with Crippen LogP contribution in [0.5, 0.6) is 0 Å². The maximum Gasteiger partial charge on any atom is 0.0409 e. The normalized spacial score (nSPS) is 10.6. The first-order valence-electron chi connectivity index (χ1n) is 6.27. The van der Waals surface area contributed by atoms with Crippen LogP contribution in [-0.4, -0.2) is 20.6 Å². The Bertz CT molecular complexity index is 465. The zero-order chi connectivity index (χ0) is 12.8. The van der Waals surface area contributed by atoms with E-state index in [1.165, 1.54) is 16.1 Å². The van der Waals surface area contributed by atoms with Crippen LogP contribution in [-0.2, 0) is 13.0 Å². The van der Waals surface area contributed by atoms with Gasteiger partial charge in [0.1, 0.15) is 0 Å². The molecule has 2 rings (SSSR count). The lowest BCUT2D eigenvalue weighted by Crippen LogP contribution is -2.22. The number of likely N-dealkylation sites (N-methyl/N-ethyl adjacent to an activating group) is 1. The molecule has 0 saturated heterocycles. The minimum atomic E-state index is 0.916. The molecule has 1 N–H and O–H groups in total. The summed E-state index contributed by atoms with van der Waals surface area (Å²) >= 11 is 1.84. The second-order valence-electron chi connectivity index (χ2n) is 4.41. The minimum Gasteiger partial charge on any atom is -0.374 e. The van der Waals surface area contributed by atoms with Crippen LogP contribution in [0.15, 0.2) is 41.8 Å². The fourth-order valence-electron chi connectivity index (χ4n) is 2.08. The van der Waals surface area contributed by atoms with Crippen molar-refractivity contribution < 1.29 is 0 Å². The molecule has 0 radical (unpaired) electrons.